The fourth-order valence-electron chi connectivity index (χ4n) is 8.77. The summed E-state index contributed by atoms with van der Waals surface area (Å²) in [5.41, 5.74) is 11.2. The Morgan fingerprint density at radius 3 is 1.49 bits per heavy atom. The molecule has 0 radical (unpaired) electrons. The van der Waals surface area contributed by atoms with Gasteiger partial charge in [-0.3, -0.25) is 4.98 Å². The molecule has 0 bridgehead atoms. The Hall–Kier alpha value is -7.23. The van der Waals surface area contributed by atoms with Gasteiger partial charge in [-0.1, -0.05) is 146 Å². The van der Waals surface area contributed by atoms with Gasteiger partial charge >= 0.3 is 0 Å². The molecular weight excluding hydrogens is 667 g/mol. The number of rotatable bonds is 5. The number of para-hydroxylation sites is 1. The van der Waals surface area contributed by atoms with Crippen molar-refractivity contribution in [2.45, 2.75) is 6.17 Å². The van der Waals surface area contributed by atoms with E-state index in [2.05, 4.69) is 204 Å². The highest BCUT2D eigenvalue weighted by Gasteiger charge is 2.34. The molecule has 9 aromatic carbocycles. The van der Waals surface area contributed by atoms with Crippen molar-refractivity contribution in [2.24, 2.45) is 0 Å². The molecular formula is C52H35N3. The summed E-state index contributed by atoms with van der Waals surface area (Å²) < 4.78 is 0. The van der Waals surface area contributed by atoms with E-state index in [4.69, 9.17) is 4.98 Å². The van der Waals surface area contributed by atoms with E-state index in [0.29, 0.717) is 0 Å². The highest BCUT2D eigenvalue weighted by Crippen LogP contribution is 2.50. The van der Waals surface area contributed by atoms with Crippen molar-refractivity contribution < 1.29 is 0 Å². The smallest absolute Gasteiger partial charge is 0.130 e. The third-order valence-corrected chi connectivity index (χ3v) is 11.2. The zero-order chi connectivity index (χ0) is 36.3. The van der Waals surface area contributed by atoms with Crippen molar-refractivity contribution in [1.29, 1.82) is 0 Å². The minimum atomic E-state index is -0.207. The van der Waals surface area contributed by atoms with Crippen LogP contribution in [0.5, 0.6) is 0 Å². The van der Waals surface area contributed by atoms with Gasteiger partial charge in [0.1, 0.15) is 6.17 Å². The first-order chi connectivity index (χ1) is 27.3. The van der Waals surface area contributed by atoms with Gasteiger partial charge in [0.2, 0.25) is 0 Å². The molecule has 1 aliphatic heterocycles. The van der Waals surface area contributed by atoms with Gasteiger partial charge in [0, 0.05) is 17.4 Å². The maximum Gasteiger partial charge on any atom is 0.130 e. The Morgan fingerprint density at radius 2 is 0.909 bits per heavy atom. The lowest BCUT2D eigenvalue weighted by Crippen LogP contribution is -2.23. The minimum Gasteiger partial charge on any atom is -0.358 e. The van der Waals surface area contributed by atoms with E-state index in [-0.39, 0.29) is 6.17 Å². The summed E-state index contributed by atoms with van der Waals surface area (Å²) in [5.74, 6) is 0. The molecule has 1 aromatic heterocycles. The van der Waals surface area contributed by atoms with Crippen LogP contribution < -0.4 is 10.2 Å². The standard InChI is InChI=1S/C52H35N3/c1-3-15-34(16-4-1)50-51-49(27-28-53-50)55(40-19-5-2-6-20-40)52(54-51)39-30-37(47-32-35-17-7-9-21-41(35)43-23-11-13-25-45(43)47)29-38(31-39)48-33-36-18-8-10-22-42(36)44-24-12-14-26-46(44)48/h1-33,52,54H. The number of nitrogens with one attached hydrogen (secondary N) is 1. The van der Waals surface area contributed by atoms with Crippen LogP contribution in [0.3, 0.4) is 0 Å². The van der Waals surface area contributed by atoms with Crippen LogP contribution in [-0.4, -0.2) is 4.98 Å². The summed E-state index contributed by atoms with van der Waals surface area (Å²) in [6.45, 7) is 0. The molecule has 2 heterocycles. The summed E-state index contributed by atoms with van der Waals surface area (Å²) in [7, 11) is 0. The SMILES string of the molecule is c1ccc(-c2nccc3c2NC(c2cc(-c4cc5ccccc5c5ccccc45)cc(-c4cc5ccccc5c5ccccc45)c2)N3c2ccccc2)cc1. The number of pyridine rings is 1. The number of hydrogen-bond acceptors (Lipinski definition) is 3. The van der Waals surface area contributed by atoms with Crippen LogP contribution in [0.2, 0.25) is 0 Å². The molecule has 3 nitrogen and oxygen atoms in total. The first-order valence-electron chi connectivity index (χ1n) is 18.9. The summed E-state index contributed by atoms with van der Waals surface area (Å²) in [6, 6.07) is 70.5. The molecule has 1 N–H and O–H groups in total. The second-order valence-electron chi connectivity index (χ2n) is 14.4. The topological polar surface area (TPSA) is 28.2 Å². The number of nitrogens with zero attached hydrogens (tertiary/aromatic N) is 2. The molecule has 0 saturated heterocycles. The molecule has 0 saturated carbocycles. The van der Waals surface area contributed by atoms with Gasteiger partial charge in [0.05, 0.1) is 17.1 Å². The van der Waals surface area contributed by atoms with Gasteiger partial charge in [-0.05, 0) is 119 Å². The van der Waals surface area contributed by atoms with E-state index < -0.39 is 0 Å². The second-order valence-corrected chi connectivity index (χ2v) is 14.4. The van der Waals surface area contributed by atoms with Crippen LogP contribution in [-0.2, 0) is 0 Å². The van der Waals surface area contributed by atoms with Crippen LogP contribution in [0.1, 0.15) is 11.7 Å². The summed E-state index contributed by atoms with van der Waals surface area (Å²) in [6.07, 6.45) is 1.73. The first kappa shape index (κ1) is 31.3. The van der Waals surface area contributed by atoms with E-state index in [9.17, 15) is 0 Å². The quantitative estimate of drug-likeness (QED) is 0.181. The Bertz CT molecular complexity index is 2940. The second kappa shape index (κ2) is 12.7. The van der Waals surface area contributed by atoms with Gasteiger partial charge < -0.3 is 10.2 Å². The van der Waals surface area contributed by atoms with E-state index in [1.807, 2.05) is 6.20 Å². The highest BCUT2D eigenvalue weighted by molar-refractivity contribution is 6.16. The van der Waals surface area contributed by atoms with Crippen LogP contribution in [0.25, 0.3) is 76.6 Å². The van der Waals surface area contributed by atoms with E-state index in [1.165, 1.54) is 70.9 Å². The van der Waals surface area contributed by atoms with Crippen molar-refractivity contribution >= 4 is 60.2 Å². The minimum absolute atomic E-state index is 0.207. The average Bonchev–Trinajstić information content (AvgIpc) is 3.66. The van der Waals surface area contributed by atoms with Crippen molar-refractivity contribution in [1.82, 2.24) is 4.98 Å². The number of aromatic nitrogens is 1. The van der Waals surface area contributed by atoms with Gasteiger partial charge in [-0.25, -0.2) is 0 Å². The van der Waals surface area contributed by atoms with Gasteiger partial charge in [0.15, 0.2) is 0 Å². The molecule has 11 rings (SSSR count). The Labute approximate surface area is 319 Å². The monoisotopic (exact) mass is 701 g/mol. The maximum absolute atomic E-state index is 4.94. The molecule has 0 amide bonds. The van der Waals surface area contributed by atoms with Crippen molar-refractivity contribution in [3.8, 4) is 33.5 Å². The van der Waals surface area contributed by atoms with E-state index in [0.717, 1.165) is 28.3 Å². The molecule has 0 spiro atoms. The molecule has 1 unspecified atom stereocenters. The Kier molecular flexibility index (Phi) is 7.24. The lowest BCUT2D eigenvalue weighted by atomic mass is 9.88. The lowest BCUT2D eigenvalue weighted by Gasteiger charge is -2.28. The fourth-order valence-corrected chi connectivity index (χ4v) is 8.77. The summed E-state index contributed by atoms with van der Waals surface area (Å²) >= 11 is 0. The summed E-state index contributed by atoms with van der Waals surface area (Å²) in [5, 5.41) is 14.0. The lowest BCUT2D eigenvalue weighted by molar-refractivity contribution is 0.829. The van der Waals surface area contributed by atoms with Gasteiger partial charge in [0.25, 0.3) is 0 Å². The predicted octanol–water partition coefficient (Wildman–Crippen LogP) is 14.0. The number of anilines is 3. The zero-order valence-electron chi connectivity index (χ0n) is 30.0. The largest absolute Gasteiger partial charge is 0.358 e. The van der Waals surface area contributed by atoms with Crippen LogP contribution >= 0.6 is 0 Å². The van der Waals surface area contributed by atoms with E-state index in [1.54, 1.807) is 0 Å². The number of hydrogen-bond donors (Lipinski definition) is 1. The van der Waals surface area contributed by atoms with Crippen LogP contribution in [0.4, 0.5) is 17.1 Å². The molecule has 10 aromatic rings. The molecule has 1 atom stereocenters. The third-order valence-electron chi connectivity index (χ3n) is 11.2. The molecule has 1 aliphatic rings. The van der Waals surface area contributed by atoms with Crippen molar-refractivity contribution in [3.05, 3.63) is 206 Å². The molecule has 0 fully saturated rings. The molecule has 55 heavy (non-hydrogen) atoms. The Morgan fingerprint density at radius 1 is 0.418 bits per heavy atom. The van der Waals surface area contributed by atoms with Crippen LogP contribution in [0.15, 0.2) is 200 Å². The number of fused-ring (bicyclic) bond motifs is 7. The fraction of sp³-hybridized carbons (Fsp3) is 0.0192. The highest BCUT2D eigenvalue weighted by atomic mass is 15.3. The number of benzene rings is 9. The summed E-state index contributed by atoms with van der Waals surface area (Å²) in [4.78, 5) is 7.38. The normalized spacial score (nSPS) is 13.7. The molecule has 0 aliphatic carbocycles. The average molecular weight is 702 g/mol. The van der Waals surface area contributed by atoms with Gasteiger partial charge in [-0.15, -0.1) is 0 Å². The molecule has 3 heteroatoms. The first-order valence-corrected chi connectivity index (χ1v) is 18.9. The Balaban J connectivity index is 1.20. The molecule has 258 valence electrons. The van der Waals surface area contributed by atoms with E-state index >= 15 is 0 Å². The predicted molar refractivity (Wildman–Crippen MR) is 232 cm³/mol. The van der Waals surface area contributed by atoms with Gasteiger partial charge in [-0.2, -0.15) is 0 Å². The third kappa shape index (κ3) is 5.16. The maximum atomic E-state index is 4.94. The van der Waals surface area contributed by atoms with Crippen molar-refractivity contribution in [3.63, 3.8) is 0 Å². The zero-order valence-corrected chi connectivity index (χ0v) is 30.0. The van der Waals surface area contributed by atoms with Crippen molar-refractivity contribution in [2.75, 3.05) is 10.2 Å². The van der Waals surface area contributed by atoms with Crippen LogP contribution in [0, 0.1) is 0 Å².